The molecule has 1 atom stereocenters. The molecule has 3 nitrogen and oxygen atoms in total. The molecular formula is C11H14N2O. The molecule has 0 aliphatic carbocycles. The second kappa shape index (κ2) is 4.22. The minimum Gasteiger partial charge on any atom is -0.261 e. The lowest BCUT2D eigenvalue weighted by Crippen LogP contribution is -2.13. The third kappa shape index (κ3) is 2.10. The molecule has 0 saturated carbocycles. The molecule has 0 N–H and O–H groups in total. The van der Waals surface area contributed by atoms with Crippen LogP contribution in [0.2, 0.25) is 0 Å². The second-order valence-corrected chi connectivity index (χ2v) is 3.84. The van der Waals surface area contributed by atoms with E-state index >= 15 is 0 Å². The van der Waals surface area contributed by atoms with Gasteiger partial charge in [0.2, 0.25) is 0 Å². The zero-order valence-corrected chi connectivity index (χ0v) is 8.10. The Balaban J connectivity index is 1.90. The van der Waals surface area contributed by atoms with Crippen molar-refractivity contribution in [1.82, 2.24) is 5.01 Å². The Morgan fingerprint density at radius 3 is 2.79 bits per heavy atom. The number of rotatable bonds is 3. The molecule has 1 aromatic carbocycles. The van der Waals surface area contributed by atoms with Crippen molar-refractivity contribution in [2.24, 2.45) is 11.2 Å². The highest BCUT2D eigenvalue weighted by molar-refractivity contribution is 5.15. The van der Waals surface area contributed by atoms with Crippen LogP contribution < -0.4 is 0 Å². The van der Waals surface area contributed by atoms with Crippen LogP contribution >= 0.6 is 0 Å². The summed E-state index contributed by atoms with van der Waals surface area (Å²) in [4.78, 5) is 10.3. The molecule has 1 aliphatic heterocycles. The fraction of sp³-hybridized carbons (Fsp3) is 0.455. The Bertz CT molecular complexity index is 299. The molecule has 0 spiro atoms. The summed E-state index contributed by atoms with van der Waals surface area (Å²) in [6.07, 6.45) is 2.15. The summed E-state index contributed by atoms with van der Waals surface area (Å²) in [5, 5.41) is 4.58. The first-order chi connectivity index (χ1) is 6.88. The lowest BCUT2D eigenvalue weighted by Gasteiger charge is -2.08. The first-order valence-corrected chi connectivity index (χ1v) is 5.00. The minimum absolute atomic E-state index is 0.593. The molecule has 1 fully saturated rings. The van der Waals surface area contributed by atoms with Gasteiger partial charge in [-0.1, -0.05) is 30.3 Å². The van der Waals surface area contributed by atoms with Gasteiger partial charge in [-0.15, -0.1) is 4.91 Å². The molecule has 1 aliphatic rings. The van der Waals surface area contributed by atoms with Gasteiger partial charge in [-0.2, -0.15) is 0 Å². The second-order valence-electron chi connectivity index (χ2n) is 3.84. The maximum atomic E-state index is 10.3. The number of nitroso groups, excluding NO2 is 1. The molecule has 14 heavy (non-hydrogen) atoms. The van der Waals surface area contributed by atoms with Gasteiger partial charge in [0.25, 0.3) is 0 Å². The predicted molar refractivity (Wildman–Crippen MR) is 55.6 cm³/mol. The minimum atomic E-state index is 0.593. The highest BCUT2D eigenvalue weighted by Gasteiger charge is 2.21. The first-order valence-electron chi connectivity index (χ1n) is 5.00. The Morgan fingerprint density at radius 1 is 1.36 bits per heavy atom. The zero-order chi connectivity index (χ0) is 9.80. The highest BCUT2D eigenvalue weighted by Crippen LogP contribution is 2.20. The number of benzene rings is 1. The number of hydrogen-bond acceptors (Lipinski definition) is 2. The smallest absolute Gasteiger partial charge is 0.0524 e. The zero-order valence-electron chi connectivity index (χ0n) is 8.10. The van der Waals surface area contributed by atoms with Gasteiger partial charge in [-0.25, -0.2) is 0 Å². The van der Waals surface area contributed by atoms with E-state index < -0.39 is 0 Å². The van der Waals surface area contributed by atoms with Gasteiger partial charge in [0.15, 0.2) is 0 Å². The Hall–Kier alpha value is -1.38. The largest absolute Gasteiger partial charge is 0.261 e. The van der Waals surface area contributed by atoms with Crippen LogP contribution in [0.4, 0.5) is 0 Å². The molecule has 74 valence electrons. The van der Waals surface area contributed by atoms with Gasteiger partial charge >= 0.3 is 0 Å². The van der Waals surface area contributed by atoms with E-state index in [4.69, 9.17) is 0 Å². The summed E-state index contributed by atoms with van der Waals surface area (Å²) in [5.41, 5.74) is 1.35. The van der Waals surface area contributed by atoms with Crippen molar-refractivity contribution in [1.29, 1.82) is 0 Å². The van der Waals surface area contributed by atoms with Crippen molar-refractivity contribution in [2.45, 2.75) is 12.8 Å². The van der Waals surface area contributed by atoms with Crippen molar-refractivity contribution in [3.63, 3.8) is 0 Å². The monoisotopic (exact) mass is 190 g/mol. The van der Waals surface area contributed by atoms with E-state index in [1.807, 2.05) is 6.07 Å². The van der Waals surface area contributed by atoms with E-state index in [0.29, 0.717) is 5.92 Å². The van der Waals surface area contributed by atoms with Crippen LogP contribution in [0.1, 0.15) is 12.0 Å². The quantitative estimate of drug-likeness (QED) is 0.685. The highest BCUT2D eigenvalue weighted by atomic mass is 16.3. The molecule has 1 unspecified atom stereocenters. The van der Waals surface area contributed by atoms with Gasteiger partial charge in [0, 0.05) is 13.1 Å². The SMILES string of the molecule is O=NN1CCC(Cc2ccccc2)C1. The van der Waals surface area contributed by atoms with Crippen molar-refractivity contribution < 1.29 is 0 Å². The lowest BCUT2D eigenvalue weighted by atomic mass is 9.99. The molecule has 0 bridgehead atoms. The fourth-order valence-corrected chi connectivity index (χ4v) is 2.00. The average Bonchev–Trinajstić information content (AvgIpc) is 2.67. The Kier molecular flexibility index (Phi) is 2.77. The molecular weight excluding hydrogens is 176 g/mol. The lowest BCUT2D eigenvalue weighted by molar-refractivity contribution is 0.338. The summed E-state index contributed by atoms with van der Waals surface area (Å²) < 4.78 is 0. The van der Waals surface area contributed by atoms with Crippen LogP contribution in [0.3, 0.4) is 0 Å². The van der Waals surface area contributed by atoms with E-state index in [2.05, 4.69) is 29.6 Å². The molecule has 1 saturated heterocycles. The van der Waals surface area contributed by atoms with E-state index in [1.165, 1.54) is 5.56 Å². The maximum absolute atomic E-state index is 10.3. The van der Waals surface area contributed by atoms with E-state index in [1.54, 1.807) is 5.01 Å². The topological polar surface area (TPSA) is 32.7 Å². The summed E-state index contributed by atoms with van der Waals surface area (Å²) >= 11 is 0. The van der Waals surface area contributed by atoms with Crippen molar-refractivity contribution >= 4 is 0 Å². The predicted octanol–water partition coefficient (Wildman–Crippen LogP) is 2.23. The van der Waals surface area contributed by atoms with E-state index in [9.17, 15) is 4.91 Å². The molecule has 3 heteroatoms. The molecule has 2 rings (SSSR count). The van der Waals surface area contributed by atoms with Crippen LogP contribution in [-0.2, 0) is 6.42 Å². The van der Waals surface area contributed by atoms with Gasteiger partial charge in [-0.05, 0) is 24.3 Å². The molecule has 0 amide bonds. The van der Waals surface area contributed by atoms with Gasteiger partial charge < -0.3 is 0 Å². The van der Waals surface area contributed by atoms with Crippen molar-refractivity contribution in [3.8, 4) is 0 Å². The number of hydrogen-bond donors (Lipinski definition) is 0. The average molecular weight is 190 g/mol. The number of nitrogens with zero attached hydrogens (tertiary/aromatic N) is 2. The molecule has 0 aromatic heterocycles. The maximum Gasteiger partial charge on any atom is 0.0524 e. The third-order valence-electron chi connectivity index (χ3n) is 2.75. The first kappa shape index (κ1) is 9.19. The Morgan fingerprint density at radius 2 is 2.14 bits per heavy atom. The third-order valence-corrected chi connectivity index (χ3v) is 2.75. The van der Waals surface area contributed by atoms with Crippen LogP contribution in [0.5, 0.6) is 0 Å². The molecule has 0 radical (unpaired) electrons. The Labute approximate surface area is 83.7 Å². The normalized spacial score (nSPS) is 21.1. The van der Waals surface area contributed by atoms with Crippen molar-refractivity contribution in [3.05, 3.63) is 40.8 Å². The van der Waals surface area contributed by atoms with Crippen molar-refractivity contribution in [2.75, 3.05) is 13.1 Å². The summed E-state index contributed by atoms with van der Waals surface area (Å²) in [5.74, 6) is 0.593. The van der Waals surface area contributed by atoms with Gasteiger partial charge in [-0.3, -0.25) is 5.01 Å². The van der Waals surface area contributed by atoms with Crippen LogP contribution in [-0.4, -0.2) is 18.1 Å². The van der Waals surface area contributed by atoms with Gasteiger partial charge in [0.05, 0.1) is 5.29 Å². The fourth-order valence-electron chi connectivity index (χ4n) is 2.00. The standard InChI is InChI=1S/C11H14N2O/c14-12-13-7-6-11(9-13)8-10-4-2-1-3-5-10/h1-5,11H,6-9H2. The molecule has 1 aromatic rings. The molecule has 1 heterocycles. The van der Waals surface area contributed by atoms with Crippen LogP contribution in [0.15, 0.2) is 35.6 Å². The van der Waals surface area contributed by atoms with Gasteiger partial charge in [0.1, 0.15) is 0 Å². The summed E-state index contributed by atoms with van der Waals surface area (Å²) in [6, 6.07) is 10.4. The summed E-state index contributed by atoms with van der Waals surface area (Å²) in [6.45, 7) is 1.64. The summed E-state index contributed by atoms with van der Waals surface area (Å²) in [7, 11) is 0. The van der Waals surface area contributed by atoms with Crippen LogP contribution in [0.25, 0.3) is 0 Å². The van der Waals surface area contributed by atoms with E-state index in [-0.39, 0.29) is 0 Å². The van der Waals surface area contributed by atoms with E-state index in [0.717, 1.165) is 25.9 Å². The van der Waals surface area contributed by atoms with Crippen LogP contribution in [0, 0.1) is 10.8 Å².